The normalized spacial score (nSPS) is 15.9. The molecule has 6 nitrogen and oxygen atoms in total. The molecule has 0 amide bonds. The lowest BCUT2D eigenvalue weighted by atomic mass is 9.89. The van der Waals surface area contributed by atoms with Crippen LogP contribution in [0, 0.1) is 6.92 Å². The number of hydrogen-bond donors (Lipinski definition) is 2. The molecule has 1 aliphatic carbocycles. The number of hydrogen-bond acceptors (Lipinski definition) is 4. The summed E-state index contributed by atoms with van der Waals surface area (Å²) in [5, 5.41) is 5.66. The van der Waals surface area contributed by atoms with Gasteiger partial charge in [0.2, 0.25) is 0 Å². The summed E-state index contributed by atoms with van der Waals surface area (Å²) < 4.78 is 1.91. The van der Waals surface area contributed by atoms with Crippen LogP contribution in [0.4, 0.5) is 5.82 Å². The number of nitrogens with zero attached hydrogens (tertiary/aromatic N) is 4. The summed E-state index contributed by atoms with van der Waals surface area (Å²) in [6, 6.07) is 8.44. The number of aryl methyl sites for hydroxylation is 1. The fraction of sp³-hybridized carbons (Fsp3) is 0.350. The first-order valence-corrected chi connectivity index (χ1v) is 9.30. The number of rotatable bonds is 2. The fourth-order valence-corrected chi connectivity index (χ4v) is 4.23. The minimum Gasteiger partial charge on any atom is -0.382 e. The van der Waals surface area contributed by atoms with Crippen LogP contribution in [0.3, 0.4) is 0 Å². The molecule has 5 rings (SSSR count). The van der Waals surface area contributed by atoms with Gasteiger partial charge in [0.25, 0.3) is 0 Å². The summed E-state index contributed by atoms with van der Waals surface area (Å²) in [5.41, 5.74) is 11.2. The summed E-state index contributed by atoms with van der Waals surface area (Å²) in [5.74, 6) is 1.92. The second-order valence-corrected chi connectivity index (χ2v) is 7.28. The first-order chi connectivity index (χ1) is 12.7. The molecule has 0 aliphatic heterocycles. The molecule has 132 valence electrons. The average molecular weight is 346 g/mol. The Balaban J connectivity index is 1.75. The molecule has 0 spiro atoms. The van der Waals surface area contributed by atoms with E-state index < -0.39 is 0 Å². The maximum Gasteiger partial charge on any atom is 0.153 e. The van der Waals surface area contributed by atoms with E-state index in [0.29, 0.717) is 11.7 Å². The third-order valence-electron chi connectivity index (χ3n) is 5.58. The quantitative estimate of drug-likeness (QED) is 0.569. The van der Waals surface area contributed by atoms with E-state index in [2.05, 4.69) is 46.3 Å². The van der Waals surface area contributed by atoms with E-state index in [0.717, 1.165) is 41.1 Å². The van der Waals surface area contributed by atoms with Gasteiger partial charge in [-0.25, -0.2) is 14.5 Å². The number of anilines is 1. The monoisotopic (exact) mass is 346 g/mol. The predicted octanol–water partition coefficient (Wildman–Crippen LogP) is 4.21. The summed E-state index contributed by atoms with van der Waals surface area (Å²) in [6.45, 7) is 2.11. The standard InChI is InChI=1S/C20H22N6/c1-12-6-5-9-14-10-15(24-16(12)14)17-18-19(21)22-11-23-26(18)20(25-17)13-7-3-2-4-8-13/h5-6,9-11,13,24H,2-4,7-8H2,1H3,(H2,21,22,23). The molecular weight excluding hydrogens is 324 g/mol. The van der Waals surface area contributed by atoms with Gasteiger partial charge in [-0.05, 0) is 31.4 Å². The third kappa shape index (κ3) is 2.29. The number of para-hydroxylation sites is 1. The first kappa shape index (κ1) is 15.4. The average Bonchev–Trinajstić information content (AvgIpc) is 3.25. The van der Waals surface area contributed by atoms with Crippen molar-refractivity contribution in [2.24, 2.45) is 0 Å². The zero-order valence-electron chi connectivity index (χ0n) is 14.9. The van der Waals surface area contributed by atoms with Crippen molar-refractivity contribution in [2.45, 2.75) is 44.9 Å². The maximum absolute atomic E-state index is 6.24. The van der Waals surface area contributed by atoms with E-state index in [1.807, 2.05) is 4.52 Å². The zero-order chi connectivity index (χ0) is 17.7. The van der Waals surface area contributed by atoms with Crippen molar-refractivity contribution in [1.82, 2.24) is 24.6 Å². The molecule has 1 aromatic carbocycles. The Bertz CT molecular complexity index is 1100. The van der Waals surface area contributed by atoms with Crippen LogP contribution < -0.4 is 5.73 Å². The van der Waals surface area contributed by atoms with E-state index in [4.69, 9.17) is 10.7 Å². The highest BCUT2D eigenvalue weighted by atomic mass is 15.3. The lowest BCUT2D eigenvalue weighted by molar-refractivity contribution is 0.424. The first-order valence-electron chi connectivity index (χ1n) is 9.30. The lowest BCUT2D eigenvalue weighted by Gasteiger charge is -2.19. The third-order valence-corrected chi connectivity index (χ3v) is 5.58. The van der Waals surface area contributed by atoms with Crippen LogP contribution in [-0.4, -0.2) is 24.6 Å². The number of aromatic nitrogens is 5. The van der Waals surface area contributed by atoms with Gasteiger partial charge in [0, 0.05) is 16.8 Å². The van der Waals surface area contributed by atoms with Crippen molar-refractivity contribution in [3.8, 4) is 11.4 Å². The molecule has 0 radical (unpaired) electrons. The SMILES string of the molecule is Cc1cccc2cc(-c3nc(C4CCCCC4)n4ncnc(N)c34)[nH]c12. The number of nitrogens with two attached hydrogens (primary N) is 1. The van der Waals surface area contributed by atoms with Crippen molar-refractivity contribution in [1.29, 1.82) is 0 Å². The molecule has 1 saturated carbocycles. The number of nitrogens with one attached hydrogen (secondary N) is 1. The molecule has 3 N–H and O–H groups in total. The Hall–Kier alpha value is -2.89. The molecule has 4 aromatic rings. The Labute approximate surface area is 151 Å². The van der Waals surface area contributed by atoms with Gasteiger partial charge < -0.3 is 10.7 Å². The number of benzene rings is 1. The van der Waals surface area contributed by atoms with Gasteiger partial charge in [0.05, 0.1) is 5.69 Å². The van der Waals surface area contributed by atoms with Crippen molar-refractivity contribution >= 4 is 22.2 Å². The molecule has 0 bridgehead atoms. The minimum atomic E-state index is 0.436. The van der Waals surface area contributed by atoms with Crippen LogP contribution in [0.1, 0.15) is 49.4 Å². The Kier molecular flexibility index (Phi) is 3.45. The Morgan fingerprint density at radius 2 is 2.04 bits per heavy atom. The summed E-state index contributed by atoms with van der Waals surface area (Å²) >= 11 is 0. The van der Waals surface area contributed by atoms with Gasteiger partial charge in [-0.3, -0.25) is 0 Å². The molecule has 1 fully saturated rings. The lowest BCUT2D eigenvalue weighted by Crippen LogP contribution is -2.10. The zero-order valence-corrected chi connectivity index (χ0v) is 14.9. The molecule has 26 heavy (non-hydrogen) atoms. The molecular formula is C20H22N6. The number of H-pyrrole nitrogens is 1. The van der Waals surface area contributed by atoms with E-state index in [1.165, 1.54) is 36.5 Å². The highest BCUT2D eigenvalue weighted by Gasteiger charge is 2.25. The van der Waals surface area contributed by atoms with E-state index >= 15 is 0 Å². The second-order valence-electron chi connectivity index (χ2n) is 7.28. The number of nitrogen functional groups attached to an aromatic ring is 1. The minimum absolute atomic E-state index is 0.436. The van der Waals surface area contributed by atoms with E-state index in [1.54, 1.807) is 0 Å². The second kappa shape index (κ2) is 5.83. The highest BCUT2D eigenvalue weighted by molar-refractivity contribution is 5.92. The van der Waals surface area contributed by atoms with Crippen molar-refractivity contribution in [2.75, 3.05) is 5.73 Å². The van der Waals surface area contributed by atoms with Crippen molar-refractivity contribution in [3.63, 3.8) is 0 Å². The van der Waals surface area contributed by atoms with Crippen LogP contribution in [0.15, 0.2) is 30.6 Å². The maximum atomic E-state index is 6.24. The molecule has 3 heterocycles. The fourth-order valence-electron chi connectivity index (χ4n) is 4.23. The van der Waals surface area contributed by atoms with Crippen molar-refractivity contribution < 1.29 is 0 Å². The summed E-state index contributed by atoms with van der Waals surface area (Å²) in [4.78, 5) is 12.8. The van der Waals surface area contributed by atoms with Crippen LogP contribution in [0.25, 0.3) is 27.8 Å². The van der Waals surface area contributed by atoms with Crippen LogP contribution in [-0.2, 0) is 0 Å². The number of imidazole rings is 1. The summed E-state index contributed by atoms with van der Waals surface area (Å²) in [7, 11) is 0. The number of fused-ring (bicyclic) bond motifs is 2. The Morgan fingerprint density at radius 3 is 2.85 bits per heavy atom. The predicted molar refractivity (Wildman–Crippen MR) is 103 cm³/mol. The van der Waals surface area contributed by atoms with Gasteiger partial charge in [-0.1, -0.05) is 37.5 Å². The van der Waals surface area contributed by atoms with Gasteiger partial charge in [-0.15, -0.1) is 0 Å². The van der Waals surface area contributed by atoms with E-state index in [9.17, 15) is 0 Å². The molecule has 6 heteroatoms. The molecule has 0 unspecified atom stereocenters. The van der Waals surface area contributed by atoms with Gasteiger partial charge in [0.1, 0.15) is 23.4 Å². The van der Waals surface area contributed by atoms with E-state index in [-0.39, 0.29) is 0 Å². The largest absolute Gasteiger partial charge is 0.382 e. The van der Waals surface area contributed by atoms with Gasteiger partial charge >= 0.3 is 0 Å². The molecule has 3 aromatic heterocycles. The van der Waals surface area contributed by atoms with Crippen LogP contribution in [0.2, 0.25) is 0 Å². The molecule has 0 saturated heterocycles. The van der Waals surface area contributed by atoms with Gasteiger partial charge in [0.15, 0.2) is 5.82 Å². The smallest absolute Gasteiger partial charge is 0.153 e. The van der Waals surface area contributed by atoms with Crippen LogP contribution >= 0.6 is 0 Å². The van der Waals surface area contributed by atoms with Crippen molar-refractivity contribution in [3.05, 3.63) is 42.0 Å². The highest BCUT2D eigenvalue weighted by Crippen LogP contribution is 2.36. The Morgan fingerprint density at radius 1 is 1.19 bits per heavy atom. The molecule has 1 aliphatic rings. The van der Waals surface area contributed by atoms with Crippen LogP contribution in [0.5, 0.6) is 0 Å². The topological polar surface area (TPSA) is 84.9 Å². The molecule has 0 atom stereocenters. The van der Waals surface area contributed by atoms with Gasteiger partial charge in [-0.2, -0.15) is 5.10 Å². The number of aromatic amines is 1. The summed E-state index contributed by atoms with van der Waals surface area (Å²) in [6.07, 6.45) is 7.66.